The molecule has 3 N–H and O–H groups in total. The van der Waals surface area contributed by atoms with Crippen LogP contribution in [0.5, 0.6) is 5.75 Å². The van der Waals surface area contributed by atoms with Crippen LogP contribution >= 0.6 is 0 Å². The molecule has 1 aliphatic heterocycles. The molecule has 8 heteroatoms. The number of nitrogens with two attached hydrogens (primary N) is 1. The van der Waals surface area contributed by atoms with Gasteiger partial charge in [0.25, 0.3) is 0 Å². The van der Waals surface area contributed by atoms with E-state index in [-0.39, 0.29) is 5.41 Å². The minimum absolute atomic E-state index is 0.0882. The number of benzene rings is 1. The number of anilines is 5. The van der Waals surface area contributed by atoms with E-state index in [4.69, 9.17) is 15.5 Å². The van der Waals surface area contributed by atoms with Crippen molar-refractivity contribution in [1.82, 2.24) is 19.9 Å². The number of nitrogens with one attached hydrogen (secondary N) is 1. The number of hydrogen-bond donors (Lipinski definition) is 2. The summed E-state index contributed by atoms with van der Waals surface area (Å²) < 4.78 is 5.48. The summed E-state index contributed by atoms with van der Waals surface area (Å²) in [5.74, 6) is 2.32. The lowest BCUT2D eigenvalue weighted by Gasteiger charge is -2.20. The molecular weight excluding hydrogens is 390 g/mol. The molecule has 3 aromatic rings. The molecule has 1 aliphatic carbocycles. The summed E-state index contributed by atoms with van der Waals surface area (Å²) in [6.07, 6.45) is 4.00. The highest BCUT2D eigenvalue weighted by Crippen LogP contribution is 2.45. The first-order valence-corrected chi connectivity index (χ1v) is 10.5. The summed E-state index contributed by atoms with van der Waals surface area (Å²) in [5, 5.41) is 3.22. The molecule has 0 radical (unpaired) electrons. The summed E-state index contributed by atoms with van der Waals surface area (Å²) in [6.45, 7) is 7.14. The van der Waals surface area contributed by atoms with Crippen LogP contribution < -0.4 is 20.7 Å². The molecule has 1 fully saturated rings. The molecule has 0 atom stereocenters. The van der Waals surface area contributed by atoms with Gasteiger partial charge in [-0.15, -0.1) is 0 Å². The van der Waals surface area contributed by atoms with Crippen molar-refractivity contribution in [3.63, 3.8) is 0 Å². The highest BCUT2D eigenvalue weighted by Gasteiger charge is 2.39. The molecule has 0 bridgehead atoms. The molecule has 2 aromatic heterocycles. The number of ether oxygens (including phenoxy) is 1. The Labute approximate surface area is 181 Å². The number of aryl methyl sites for hydroxylation is 1. The lowest BCUT2D eigenvalue weighted by Crippen LogP contribution is -2.26. The van der Waals surface area contributed by atoms with Crippen LogP contribution in [0.25, 0.3) is 0 Å². The topological polar surface area (TPSA) is 102 Å². The second-order valence-electron chi connectivity index (χ2n) is 8.99. The molecule has 1 aromatic carbocycles. The fourth-order valence-corrected chi connectivity index (χ4v) is 4.09. The molecule has 160 valence electrons. The number of nitrogen functional groups attached to an aromatic ring is 1. The summed E-state index contributed by atoms with van der Waals surface area (Å²) in [4.78, 5) is 20.6. The van der Waals surface area contributed by atoms with Crippen molar-refractivity contribution in [1.29, 1.82) is 0 Å². The van der Waals surface area contributed by atoms with Gasteiger partial charge in [0.15, 0.2) is 0 Å². The molecule has 0 saturated heterocycles. The fraction of sp³-hybridized carbons (Fsp3) is 0.391. The van der Waals surface area contributed by atoms with Gasteiger partial charge in [-0.05, 0) is 49.6 Å². The van der Waals surface area contributed by atoms with Gasteiger partial charge in [-0.25, -0.2) is 9.97 Å². The van der Waals surface area contributed by atoms with Gasteiger partial charge in [0.2, 0.25) is 11.9 Å². The van der Waals surface area contributed by atoms with Gasteiger partial charge in [-0.2, -0.15) is 4.98 Å². The first-order valence-electron chi connectivity index (χ1n) is 10.5. The highest BCUT2D eigenvalue weighted by molar-refractivity contribution is 5.71. The number of aromatic nitrogens is 4. The Morgan fingerprint density at radius 1 is 1.16 bits per heavy atom. The van der Waals surface area contributed by atoms with E-state index in [0.717, 1.165) is 23.5 Å². The molecule has 31 heavy (non-hydrogen) atoms. The number of rotatable bonds is 5. The highest BCUT2D eigenvalue weighted by atomic mass is 16.5. The Morgan fingerprint density at radius 2 is 1.97 bits per heavy atom. The van der Waals surface area contributed by atoms with E-state index in [1.165, 1.54) is 24.9 Å². The third kappa shape index (κ3) is 3.52. The molecule has 1 saturated carbocycles. The molecule has 0 unspecified atom stereocenters. The minimum atomic E-state index is -0.0882. The van der Waals surface area contributed by atoms with Crippen molar-refractivity contribution in [2.24, 2.45) is 0 Å². The quantitative estimate of drug-likeness (QED) is 0.595. The van der Waals surface area contributed by atoms with Gasteiger partial charge >= 0.3 is 0 Å². The average molecular weight is 418 g/mol. The summed E-state index contributed by atoms with van der Waals surface area (Å²) in [5.41, 5.74) is 11.7. The fourth-order valence-electron chi connectivity index (χ4n) is 4.09. The maximum atomic E-state index is 6.08. The predicted molar refractivity (Wildman–Crippen MR) is 121 cm³/mol. The Morgan fingerprint density at radius 3 is 2.71 bits per heavy atom. The first kappa shape index (κ1) is 19.5. The molecular formula is C23H27N7O. The van der Waals surface area contributed by atoms with Crippen LogP contribution in [-0.2, 0) is 5.41 Å². The van der Waals surface area contributed by atoms with E-state index in [0.29, 0.717) is 34.9 Å². The monoisotopic (exact) mass is 417 g/mol. The van der Waals surface area contributed by atoms with Gasteiger partial charge in [-0.1, -0.05) is 13.8 Å². The van der Waals surface area contributed by atoms with Crippen LogP contribution in [0, 0.1) is 6.92 Å². The van der Waals surface area contributed by atoms with Crippen molar-refractivity contribution >= 4 is 29.0 Å². The van der Waals surface area contributed by atoms with Gasteiger partial charge < -0.3 is 20.7 Å². The molecule has 5 rings (SSSR count). The standard InChI is InChI=1S/C23H27N7O/c1-13-9-19(31-4)17(10-15(13)24)28-21-25-12-26-22(29-21)30-11-23(2,3)20-18(30)8-7-16(27-20)14-5-6-14/h7-10,12,14H,5-6,11,24H2,1-4H3,(H,25,26,28,29). The van der Waals surface area contributed by atoms with Crippen LogP contribution in [0.3, 0.4) is 0 Å². The minimum Gasteiger partial charge on any atom is -0.495 e. The van der Waals surface area contributed by atoms with Crippen molar-refractivity contribution in [2.45, 2.75) is 44.9 Å². The van der Waals surface area contributed by atoms with Gasteiger partial charge in [-0.3, -0.25) is 4.98 Å². The molecule has 8 nitrogen and oxygen atoms in total. The van der Waals surface area contributed by atoms with Crippen LogP contribution in [0.2, 0.25) is 0 Å². The van der Waals surface area contributed by atoms with Gasteiger partial charge in [0.1, 0.15) is 12.1 Å². The van der Waals surface area contributed by atoms with Crippen LogP contribution in [-0.4, -0.2) is 33.6 Å². The van der Waals surface area contributed by atoms with Crippen molar-refractivity contribution in [3.8, 4) is 5.75 Å². The van der Waals surface area contributed by atoms with E-state index >= 15 is 0 Å². The van der Waals surface area contributed by atoms with E-state index in [1.807, 2.05) is 19.1 Å². The third-order valence-corrected chi connectivity index (χ3v) is 6.01. The van der Waals surface area contributed by atoms with E-state index in [2.05, 4.69) is 51.1 Å². The largest absolute Gasteiger partial charge is 0.495 e. The van der Waals surface area contributed by atoms with E-state index in [9.17, 15) is 0 Å². The summed E-state index contributed by atoms with van der Waals surface area (Å²) in [6, 6.07) is 8.02. The average Bonchev–Trinajstić information content (AvgIpc) is 3.56. The van der Waals surface area contributed by atoms with Gasteiger partial charge in [0.05, 0.1) is 24.2 Å². The molecule has 3 heterocycles. The van der Waals surface area contributed by atoms with Crippen molar-refractivity contribution in [2.75, 3.05) is 29.6 Å². The third-order valence-electron chi connectivity index (χ3n) is 6.01. The number of pyridine rings is 1. The maximum Gasteiger partial charge on any atom is 0.234 e. The Balaban J connectivity index is 1.47. The second kappa shape index (κ2) is 7.08. The number of methoxy groups -OCH3 is 1. The summed E-state index contributed by atoms with van der Waals surface area (Å²) in [7, 11) is 1.63. The maximum absolute atomic E-state index is 6.08. The molecule has 2 aliphatic rings. The number of fused-ring (bicyclic) bond motifs is 1. The van der Waals surface area contributed by atoms with Crippen LogP contribution in [0.1, 0.15) is 49.6 Å². The Kier molecular flexibility index (Phi) is 4.46. The Bertz CT molecular complexity index is 1160. The van der Waals surface area contributed by atoms with Crippen molar-refractivity contribution in [3.05, 3.63) is 47.5 Å². The first-order chi connectivity index (χ1) is 14.9. The lowest BCUT2D eigenvalue weighted by molar-refractivity contribution is 0.416. The zero-order valence-electron chi connectivity index (χ0n) is 18.3. The van der Waals surface area contributed by atoms with Crippen molar-refractivity contribution < 1.29 is 4.74 Å². The van der Waals surface area contributed by atoms with Crippen LogP contribution in [0.4, 0.5) is 29.0 Å². The van der Waals surface area contributed by atoms with E-state index in [1.54, 1.807) is 7.11 Å². The normalized spacial score (nSPS) is 16.8. The number of hydrogen-bond acceptors (Lipinski definition) is 8. The summed E-state index contributed by atoms with van der Waals surface area (Å²) >= 11 is 0. The Hall–Kier alpha value is -3.42. The second-order valence-corrected chi connectivity index (χ2v) is 8.99. The molecule has 0 spiro atoms. The zero-order valence-corrected chi connectivity index (χ0v) is 18.3. The SMILES string of the molecule is COc1cc(C)c(N)cc1Nc1ncnc(N2CC(C)(C)c3nc(C4CC4)ccc32)n1. The zero-order chi connectivity index (χ0) is 21.8. The van der Waals surface area contributed by atoms with E-state index < -0.39 is 0 Å². The van der Waals surface area contributed by atoms with Crippen LogP contribution in [0.15, 0.2) is 30.6 Å². The molecule has 0 amide bonds. The van der Waals surface area contributed by atoms with Gasteiger partial charge in [0, 0.05) is 29.3 Å². The predicted octanol–water partition coefficient (Wildman–Crippen LogP) is 4.22. The number of nitrogens with zero attached hydrogens (tertiary/aromatic N) is 5. The lowest BCUT2D eigenvalue weighted by atomic mass is 9.91. The smallest absolute Gasteiger partial charge is 0.234 e.